The number of H-pyrrole nitrogens is 1. The average molecular weight is 199 g/mol. The van der Waals surface area contributed by atoms with E-state index in [9.17, 15) is 4.79 Å². The fourth-order valence-corrected chi connectivity index (χ4v) is 2.46. The molecule has 0 aliphatic heterocycles. The van der Waals surface area contributed by atoms with Crippen molar-refractivity contribution in [3.05, 3.63) is 6.33 Å². The highest BCUT2D eigenvalue weighted by atomic mass is 32.2. The lowest BCUT2D eigenvalue weighted by Gasteiger charge is -2.31. The lowest BCUT2D eigenvalue weighted by Crippen LogP contribution is -2.35. The van der Waals surface area contributed by atoms with Crippen molar-refractivity contribution >= 4 is 17.7 Å². The summed E-state index contributed by atoms with van der Waals surface area (Å²) in [5, 5.41) is 16.0. The Labute approximate surface area is 78.9 Å². The Morgan fingerprint density at radius 2 is 2.54 bits per heavy atom. The molecular formula is C7H9N3O2S. The Hall–Kier alpha value is -1.04. The van der Waals surface area contributed by atoms with Gasteiger partial charge in [0, 0.05) is 5.25 Å². The maximum Gasteiger partial charge on any atom is 0.307 e. The second kappa shape index (κ2) is 3.37. The summed E-state index contributed by atoms with van der Waals surface area (Å²) in [6.45, 7) is 0. The standard InChI is InChI=1S/C7H9N3O2S/c11-6(12)4-1-2-5(4)13-7-8-3-9-10-7/h3-5H,1-2H2,(H,11,12)(H,8,9,10). The first-order chi connectivity index (χ1) is 6.27. The number of hydrogen-bond acceptors (Lipinski definition) is 4. The molecule has 13 heavy (non-hydrogen) atoms. The molecule has 0 spiro atoms. The van der Waals surface area contributed by atoms with Crippen LogP contribution in [0.3, 0.4) is 0 Å². The number of nitrogens with zero attached hydrogens (tertiary/aromatic N) is 2. The van der Waals surface area contributed by atoms with Crippen molar-refractivity contribution in [3.8, 4) is 0 Å². The van der Waals surface area contributed by atoms with Crippen LogP contribution in [0.5, 0.6) is 0 Å². The predicted molar refractivity (Wildman–Crippen MR) is 46.4 cm³/mol. The zero-order valence-electron chi connectivity index (χ0n) is 6.80. The van der Waals surface area contributed by atoms with Gasteiger partial charge in [-0.1, -0.05) is 11.8 Å². The van der Waals surface area contributed by atoms with Gasteiger partial charge < -0.3 is 5.11 Å². The lowest BCUT2D eigenvalue weighted by atomic mass is 9.85. The van der Waals surface area contributed by atoms with Gasteiger partial charge >= 0.3 is 5.97 Å². The highest BCUT2D eigenvalue weighted by molar-refractivity contribution is 7.99. The summed E-state index contributed by atoms with van der Waals surface area (Å²) in [6, 6.07) is 0. The van der Waals surface area contributed by atoms with Gasteiger partial charge in [-0.15, -0.1) is 0 Å². The van der Waals surface area contributed by atoms with Crippen molar-refractivity contribution in [3.63, 3.8) is 0 Å². The highest BCUT2D eigenvalue weighted by Crippen LogP contribution is 2.39. The summed E-state index contributed by atoms with van der Waals surface area (Å²) in [5.41, 5.74) is 0. The van der Waals surface area contributed by atoms with Crippen LogP contribution >= 0.6 is 11.8 Å². The SMILES string of the molecule is O=C(O)C1CCC1Sc1ncn[nH]1. The molecule has 5 nitrogen and oxygen atoms in total. The van der Waals surface area contributed by atoms with Crippen molar-refractivity contribution in [1.82, 2.24) is 15.2 Å². The summed E-state index contributed by atoms with van der Waals surface area (Å²) in [4.78, 5) is 14.6. The Morgan fingerprint density at radius 3 is 3.00 bits per heavy atom. The van der Waals surface area contributed by atoms with Crippen molar-refractivity contribution < 1.29 is 9.90 Å². The van der Waals surface area contributed by atoms with E-state index in [1.54, 1.807) is 0 Å². The van der Waals surface area contributed by atoms with E-state index < -0.39 is 5.97 Å². The number of aromatic nitrogens is 3. The van der Waals surface area contributed by atoms with E-state index in [2.05, 4.69) is 15.2 Å². The summed E-state index contributed by atoms with van der Waals surface area (Å²) in [6.07, 6.45) is 3.15. The van der Waals surface area contributed by atoms with Gasteiger partial charge in [0.1, 0.15) is 6.33 Å². The van der Waals surface area contributed by atoms with Crippen molar-refractivity contribution in [1.29, 1.82) is 0 Å². The number of nitrogens with one attached hydrogen (secondary N) is 1. The topological polar surface area (TPSA) is 78.9 Å². The Balaban J connectivity index is 1.93. The molecular weight excluding hydrogens is 190 g/mol. The van der Waals surface area contributed by atoms with Crippen LogP contribution < -0.4 is 0 Å². The molecule has 2 unspecified atom stereocenters. The molecule has 0 amide bonds. The van der Waals surface area contributed by atoms with Crippen LogP contribution in [0, 0.1) is 5.92 Å². The molecule has 2 atom stereocenters. The van der Waals surface area contributed by atoms with E-state index in [0.717, 1.165) is 12.8 Å². The van der Waals surface area contributed by atoms with Gasteiger partial charge in [0.2, 0.25) is 0 Å². The Kier molecular flexibility index (Phi) is 2.22. The fraction of sp³-hybridized carbons (Fsp3) is 0.571. The third kappa shape index (κ3) is 1.67. The van der Waals surface area contributed by atoms with Crippen LogP contribution in [-0.2, 0) is 4.79 Å². The zero-order chi connectivity index (χ0) is 9.26. The molecule has 6 heteroatoms. The molecule has 0 saturated heterocycles. The van der Waals surface area contributed by atoms with Gasteiger partial charge in [0.15, 0.2) is 5.16 Å². The minimum atomic E-state index is -0.705. The van der Waals surface area contributed by atoms with Crippen LogP contribution in [0.15, 0.2) is 11.5 Å². The molecule has 1 aromatic rings. The summed E-state index contributed by atoms with van der Waals surface area (Å²) in [5.74, 6) is -0.918. The summed E-state index contributed by atoms with van der Waals surface area (Å²) >= 11 is 1.46. The first-order valence-corrected chi connectivity index (χ1v) is 4.90. The van der Waals surface area contributed by atoms with E-state index >= 15 is 0 Å². The second-order valence-electron chi connectivity index (χ2n) is 2.97. The minimum Gasteiger partial charge on any atom is -0.481 e. The molecule has 2 N–H and O–H groups in total. The number of carbonyl (C=O) groups is 1. The quantitative estimate of drug-likeness (QED) is 0.751. The van der Waals surface area contributed by atoms with Crippen molar-refractivity contribution in [2.75, 3.05) is 0 Å². The first kappa shape index (κ1) is 8.55. The molecule has 1 aliphatic rings. The number of rotatable bonds is 3. The van der Waals surface area contributed by atoms with Gasteiger partial charge in [0.25, 0.3) is 0 Å². The number of aliphatic carboxylic acids is 1. The van der Waals surface area contributed by atoms with Crippen LogP contribution in [0.2, 0.25) is 0 Å². The van der Waals surface area contributed by atoms with E-state index in [1.807, 2.05) is 0 Å². The normalized spacial score (nSPS) is 26.8. The smallest absolute Gasteiger partial charge is 0.307 e. The highest BCUT2D eigenvalue weighted by Gasteiger charge is 2.37. The summed E-state index contributed by atoms with van der Waals surface area (Å²) < 4.78 is 0. The van der Waals surface area contributed by atoms with E-state index in [4.69, 9.17) is 5.11 Å². The Bertz CT molecular complexity index is 301. The van der Waals surface area contributed by atoms with Gasteiger partial charge in [-0.3, -0.25) is 9.89 Å². The first-order valence-electron chi connectivity index (χ1n) is 4.02. The van der Waals surface area contributed by atoms with Gasteiger partial charge in [-0.25, -0.2) is 4.98 Å². The van der Waals surface area contributed by atoms with Crippen LogP contribution in [0.1, 0.15) is 12.8 Å². The second-order valence-corrected chi connectivity index (χ2v) is 4.20. The maximum absolute atomic E-state index is 10.7. The number of aromatic amines is 1. The Morgan fingerprint density at radius 1 is 1.69 bits per heavy atom. The monoisotopic (exact) mass is 199 g/mol. The van der Waals surface area contributed by atoms with Crippen LogP contribution in [-0.4, -0.2) is 31.5 Å². The third-order valence-electron chi connectivity index (χ3n) is 2.18. The van der Waals surface area contributed by atoms with Crippen LogP contribution in [0.25, 0.3) is 0 Å². The zero-order valence-corrected chi connectivity index (χ0v) is 7.62. The van der Waals surface area contributed by atoms with Crippen molar-refractivity contribution in [2.24, 2.45) is 5.92 Å². The fourth-order valence-electron chi connectivity index (χ4n) is 1.29. The van der Waals surface area contributed by atoms with Gasteiger partial charge in [-0.05, 0) is 12.8 Å². The molecule has 0 bridgehead atoms. The largest absolute Gasteiger partial charge is 0.481 e. The number of carboxylic acid groups (broad SMARTS) is 1. The molecule has 1 aromatic heterocycles. The van der Waals surface area contributed by atoms with Gasteiger partial charge in [-0.2, -0.15) is 5.10 Å². The third-order valence-corrected chi connectivity index (χ3v) is 3.47. The maximum atomic E-state index is 10.7. The van der Waals surface area contributed by atoms with Crippen molar-refractivity contribution in [2.45, 2.75) is 23.2 Å². The van der Waals surface area contributed by atoms with E-state index in [1.165, 1.54) is 18.1 Å². The molecule has 1 heterocycles. The number of carboxylic acids is 1. The number of thioether (sulfide) groups is 1. The van der Waals surface area contributed by atoms with Gasteiger partial charge in [0.05, 0.1) is 5.92 Å². The molecule has 0 radical (unpaired) electrons. The summed E-state index contributed by atoms with van der Waals surface area (Å²) in [7, 11) is 0. The molecule has 1 saturated carbocycles. The lowest BCUT2D eigenvalue weighted by molar-refractivity contribution is -0.144. The molecule has 0 aromatic carbocycles. The van der Waals surface area contributed by atoms with E-state index in [0.29, 0.717) is 5.16 Å². The average Bonchev–Trinajstić information content (AvgIpc) is 2.48. The van der Waals surface area contributed by atoms with Crippen LogP contribution in [0.4, 0.5) is 0 Å². The van der Waals surface area contributed by atoms with E-state index in [-0.39, 0.29) is 11.2 Å². The molecule has 1 aliphatic carbocycles. The molecule has 2 rings (SSSR count). The molecule has 1 fully saturated rings. The minimum absolute atomic E-state index is 0.158. The number of hydrogen-bond donors (Lipinski definition) is 2. The molecule has 70 valence electrons. The predicted octanol–water partition coefficient (Wildman–Crippen LogP) is 0.760.